The highest BCUT2D eigenvalue weighted by Gasteiger charge is 2.27. The maximum Gasteiger partial charge on any atom is 0.211 e. The van der Waals surface area contributed by atoms with E-state index < -0.39 is 16.1 Å². The Morgan fingerprint density at radius 1 is 1.48 bits per heavy atom. The van der Waals surface area contributed by atoms with Gasteiger partial charge < -0.3 is 5.73 Å². The number of rotatable bonds is 4. The Morgan fingerprint density at radius 3 is 2.86 bits per heavy atom. The molecule has 1 aliphatic heterocycles. The molecule has 1 saturated heterocycles. The van der Waals surface area contributed by atoms with Crippen molar-refractivity contribution in [2.45, 2.75) is 32.2 Å². The Kier molecular flexibility index (Phi) is 5.01. The molecule has 0 aromatic heterocycles. The summed E-state index contributed by atoms with van der Waals surface area (Å²) in [4.78, 5) is 0. The van der Waals surface area contributed by atoms with Crippen LogP contribution in [-0.4, -0.2) is 32.1 Å². The van der Waals surface area contributed by atoms with Gasteiger partial charge in [0.2, 0.25) is 10.0 Å². The number of benzene rings is 1. The number of hydrogen-bond donors (Lipinski definition) is 1. The lowest BCUT2D eigenvalue weighted by Gasteiger charge is -2.32. The molecule has 0 radical (unpaired) electrons. The van der Waals surface area contributed by atoms with E-state index in [-0.39, 0.29) is 11.7 Å². The van der Waals surface area contributed by atoms with Gasteiger partial charge in [0.1, 0.15) is 5.82 Å². The van der Waals surface area contributed by atoms with Gasteiger partial charge in [0.05, 0.1) is 6.26 Å². The van der Waals surface area contributed by atoms with Gasteiger partial charge >= 0.3 is 0 Å². The van der Waals surface area contributed by atoms with Crippen LogP contribution in [0.1, 0.15) is 36.4 Å². The minimum atomic E-state index is -3.16. The van der Waals surface area contributed by atoms with Crippen LogP contribution in [0.3, 0.4) is 0 Å². The number of aryl methyl sites for hydroxylation is 1. The van der Waals surface area contributed by atoms with Gasteiger partial charge in [-0.3, -0.25) is 0 Å². The van der Waals surface area contributed by atoms with Crippen LogP contribution in [0.15, 0.2) is 18.2 Å². The Morgan fingerprint density at radius 2 is 2.19 bits per heavy atom. The largest absolute Gasteiger partial charge is 0.324 e. The molecule has 118 valence electrons. The van der Waals surface area contributed by atoms with Crippen LogP contribution in [0.5, 0.6) is 0 Å². The molecular weight excluding hydrogens is 291 g/mol. The molecule has 1 fully saturated rings. The van der Waals surface area contributed by atoms with Gasteiger partial charge in [-0.15, -0.1) is 0 Å². The summed E-state index contributed by atoms with van der Waals surface area (Å²) in [5.41, 5.74) is 7.25. The lowest BCUT2D eigenvalue weighted by Crippen LogP contribution is -2.40. The standard InChI is InChI=1S/C15H23FN2O2S/c1-11-5-3-7-13(15(11)16)14(17)9-12-6-4-8-18(10-12)21(2,19)20/h3,5,7,12,14H,4,6,8-10,17H2,1-2H3. The Balaban J connectivity index is 2.06. The van der Waals surface area contributed by atoms with Gasteiger partial charge in [0.15, 0.2) is 0 Å². The van der Waals surface area contributed by atoms with E-state index in [0.29, 0.717) is 30.6 Å². The van der Waals surface area contributed by atoms with Gasteiger partial charge in [0.25, 0.3) is 0 Å². The second kappa shape index (κ2) is 6.42. The molecule has 0 saturated carbocycles. The monoisotopic (exact) mass is 314 g/mol. The predicted molar refractivity (Wildman–Crippen MR) is 81.8 cm³/mol. The van der Waals surface area contributed by atoms with Crippen molar-refractivity contribution in [3.63, 3.8) is 0 Å². The van der Waals surface area contributed by atoms with Crippen molar-refractivity contribution >= 4 is 10.0 Å². The maximum absolute atomic E-state index is 14.1. The van der Waals surface area contributed by atoms with Crippen molar-refractivity contribution in [3.05, 3.63) is 35.1 Å². The van der Waals surface area contributed by atoms with E-state index in [1.807, 2.05) is 0 Å². The first-order valence-electron chi connectivity index (χ1n) is 7.24. The van der Waals surface area contributed by atoms with Crippen molar-refractivity contribution in [2.75, 3.05) is 19.3 Å². The van der Waals surface area contributed by atoms with Crippen LogP contribution < -0.4 is 5.73 Å². The van der Waals surface area contributed by atoms with Crippen molar-refractivity contribution in [3.8, 4) is 0 Å². The SMILES string of the molecule is Cc1cccc(C(N)CC2CCCN(S(C)(=O)=O)C2)c1F. The Bertz CT molecular complexity index is 604. The summed E-state index contributed by atoms with van der Waals surface area (Å²) in [6, 6.07) is 4.84. The summed E-state index contributed by atoms with van der Waals surface area (Å²) in [5, 5.41) is 0. The number of nitrogens with zero attached hydrogens (tertiary/aromatic N) is 1. The van der Waals surface area contributed by atoms with Gasteiger partial charge in [-0.1, -0.05) is 18.2 Å². The zero-order chi connectivity index (χ0) is 15.6. The molecule has 21 heavy (non-hydrogen) atoms. The summed E-state index contributed by atoms with van der Waals surface area (Å²) in [6.07, 6.45) is 3.61. The molecule has 0 aliphatic carbocycles. The van der Waals surface area contributed by atoms with Crippen molar-refractivity contribution in [1.29, 1.82) is 0 Å². The average Bonchev–Trinajstić information content (AvgIpc) is 2.41. The predicted octanol–water partition coefficient (Wildman–Crippen LogP) is 2.20. The van der Waals surface area contributed by atoms with Gasteiger partial charge in [-0.2, -0.15) is 0 Å². The fraction of sp³-hybridized carbons (Fsp3) is 0.600. The molecule has 2 rings (SSSR count). The molecule has 4 nitrogen and oxygen atoms in total. The third kappa shape index (κ3) is 4.02. The van der Waals surface area contributed by atoms with Crippen molar-refractivity contribution in [1.82, 2.24) is 4.31 Å². The normalized spacial score (nSPS) is 22.2. The lowest BCUT2D eigenvalue weighted by atomic mass is 9.89. The molecule has 1 heterocycles. The Labute approximate surface area is 126 Å². The van der Waals surface area contributed by atoms with Crippen LogP contribution in [0.2, 0.25) is 0 Å². The molecule has 6 heteroatoms. The molecule has 2 unspecified atom stereocenters. The highest BCUT2D eigenvalue weighted by atomic mass is 32.2. The Hall–Kier alpha value is -0.980. The molecule has 1 aliphatic rings. The fourth-order valence-corrected chi connectivity index (χ4v) is 3.91. The first kappa shape index (κ1) is 16.4. The van der Waals surface area contributed by atoms with E-state index in [2.05, 4.69) is 0 Å². The van der Waals surface area contributed by atoms with Gasteiger partial charge in [0, 0.05) is 24.7 Å². The van der Waals surface area contributed by atoms with E-state index >= 15 is 0 Å². The van der Waals surface area contributed by atoms with Crippen LogP contribution >= 0.6 is 0 Å². The van der Waals surface area contributed by atoms with E-state index in [0.717, 1.165) is 12.8 Å². The van der Waals surface area contributed by atoms with Gasteiger partial charge in [-0.05, 0) is 37.7 Å². The molecule has 1 aromatic carbocycles. The first-order valence-corrected chi connectivity index (χ1v) is 9.09. The van der Waals surface area contributed by atoms with E-state index in [9.17, 15) is 12.8 Å². The fourth-order valence-electron chi connectivity index (χ4n) is 2.96. The first-order chi connectivity index (χ1) is 9.79. The second-order valence-electron chi connectivity index (χ2n) is 5.95. The molecule has 2 N–H and O–H groups in total. The summed E-state index contributed by atoms with van der Waals surface area (Å²) in [5.74, 6) is -0.0656. The smallest absolute Gasteiger partial charge is 0.211 e. The van der Waals surface area contributed by atoms with Crippen LogP contribution in [0, 0.1) is 18.7 Å². The van der Waals surface area contributed by atoms with E-state index in [4.69, 9.17) is 5.73 Å². The third-order valence-corrected chi connectivity index (χ3v) is 5.43. The maximum atomic E-state index is 14.1. The molecule has 0 amide bonds. The molecule has 1 aromatic rings. The zero-order valence-electron chi connectivity index (χ0n) is 12.5. The topological polar surface area (TPSA) is 63.4 Å². The lowest BCUT2D eigenvalue weighted by molar-refractivity contribution is 0.246. The molecule has 2 atom stereocenters. The summed E-state index contributed by atoms with van der Waals surface area (Å²) in [6.45, 7) is 2.78. The number of hydrogen-bond acceptors (Lipinski definition) is 3. The van der Waals surface area contributed by atoms with Crippen molar-refractivity contribution < 1.29 is 12.8 Å². The number of nitrogens with two attached hydrogens (primary N) is 1. The number of halogens is 1. The summed E-state index contributed by atoms with van der Waals surface area (Å²) < 4.78 is 38.8. The van der Waals surface area contributed by atoms with E-state index in [1.165, 1.54) is 10.6 Å². The highest BCUT2D eigenvalue weighted by Crippen LogP contribution is 2.28. The molecule has 0 bridgehead atoms. The summed E-state index contributed by atoms with van der Waals surface area (Å²) in [7, 11) is -3.16. The third-order valence-electron chi connectivity index (χ3n) is 4.16. The van der Waals surface area contributed by atoms with Crippen LogP contribution in [0.4, 0.5) is 4.39 Å². The minimum Gasteiger partial charge on any atom is -0.324 e. The van der Waals surface area contributed by atoms with Crippen LogP contribution in [0.25, 0.3) is 0 Å². The summed E-state index contributed by atoms with van der Waals surface area (Å²) >= 11 is 0. The molecular formula is C15H23FN2O2S. The highest BCUT2D eigenvalue weighted by molar-refractivity contribution is 7.88. The van der Waals surface area contributed by atoms with E-state index in [1.54, 1.807) is 25.1 Å². The number of sulfonamides is 1. The quantitative estimate of drug-likeness (QED) is 0.926. The average molecular weight is 314 g/mol. The van der Waals surface area contributed by atoms with Gasteiger partial charge in [-0.25, -0.2) is 17.1 Å². The molecule has 0 spiro atoms. The van der Waals surface area contributed by atoms with Crippen molar-refractivity contribution in [2.24, 2.45) is 11.7 Å². The minimum absolute atomic E-state index is 0.184. The second-order valence-corrected chi connectivity index (χ2v) is 7.93. The zero-order valence-corrected chi connectivity index (χ0v) is 13.4. The number of piperidine rings is 1. The van der Waals surface area contributed by atoms with Crippen LogP contribution in [-0.2, 0) is 10.0 Å².